The fourth-order valence-electron chi connectivity index (χ4n) is 2.54. The average Bonchev–Trinajstić information content (AvgIpc) is 3.12. The SMILES string of the molecule is CC.O=C1c2cc(Br)c(Br)c(Br)c2C(=O)N1Br.O=C1c2cc(Br)c(Br)c(Br)c2C(=O)N1Br. The molecular weight excluding hydrogens is 947 g/mol. The van der Waals surface area contributed by atoms with E-state index in [0.29, 0.717) is 40.1 Å². The predicted molar refractivity (Wildman–Crippen MR) is 149 cm³/mol. The molecule has 0 aromatic heterocycles. The number of benzene rings is 2. The van der Waals surface area contributed by atoms with Crippen molar-refractivity contribution in [1.29, 1.82) is 0 Å². The van der Waals surface area contributed by atoms with Gasteiger partial charge >= 0.3 is 0 Å². The Labute approximate surface area is 250 Å². The van der Waals surface area contributed by atoms with Gasteiger partial charge in [-0.05, 0) is 108 Å². The van der Waals surface area contributed by atoms with Crippen LogP contribution < -0.4 is 0 Å². The lowest BCUT2D eigenvalue weighted by Gasteiger charge is -2.03. The van der Waals surface area contributed by atoms with Gasteiger partial charge in [-0.25, -0.2) is 7.85 Å². The molecule has 2 aromatic carbocycles. The molecule has 170 valence electrons. The van der Waals surface area contributed by atoms with Crippen LogP contribution in [0.15, 0.2) is 39.0 Å². The summed E-state index contributed by atoms with van der Waals surface area (Å²) in [5, 5.41) is 0. The Balaban J connectivity index is 0.000000211. The van der Waals surface area contributed by atoms with E-state index in [1.54, 1.807) is 12.1 Å². The van der Waals surface area contributed by atoms with Crippen molar-refractivity contribution in [2.24, 2.45) is 0 Å². The maximum Gasteiger partial charge on any atom is 0.272 e. The van der Waals surface area contributed by atoms with Gasteiger partial charge in [-0.2, -0.15) is 0 Å². The highest BCUT2D eigenvalue weighted by Gasteiger charge is 2.38. The van der Waals surface area contributed by atoms with E-state index in [2.05, 4.69) is 128 Å². The number of imide groups is 2. The molecule has 6 nitrogen and oxygen atoms in total. The molecule has 0 unspecified atom stereocenters. The maximum atomic E-state index is 11.7. The van der Waals surface area contributed by atoms with Gasteiger partial charge < -0.3 is 0 Å². The summed E-state index contributed by atoms with van der Waals surface area (Å²) in [5.41, 5.74) is 1.48. The minimum absolute atomic E-state index is 0.357. The minimum atomic E-state index is -0.366. The van der Waals surface area contributed by atoms with Gasteiger partial charge in [-0.1, -0.05) is 13.8 Å². The van der Waals surface area contributed by atoms with E-state index >= 15 is 0 Å². The summed E-state index contributed by atoms with van der Waals surface area (Å²) in [4.78, 5) is 46.6. The zero-order valence-corrected chi connectivity index (χ0v) is 28.4. The molecule has 2 aromatic rings. The molecule has 32 heavy (non-hydrogen) atoms. The zero-order valence-electron chi connectivity index (χ0n) is 15.7. The molecule has 0 radical (unpaired) electrons. The van der Waals surface area contributed by atoms with Crippen molar-refractivity contribution in [3.63, 3.8) is 0 Å². The first-order valence-electron chi connectivity index (χ1n) is 8.34. The van der Waals surface area contributed by atoms with Gasteiger partial charge in [0.2, 0.25) is 0 Å². The molecule has 0 saturated carbocycles. The van der Waals surface area contributed by atoms with Crippen molar-refractivity contribution in [2.75, 3.05) is 0 Å². The molecule has 2 heterocycles. The first-order chi connectivity index (χ1) is 14.9. The van der Waals surface area contributed by atoms with Gasteiger partial charge in [-0.3, -0.25) is 19.2 Å². The monoisotopic (exact) mass is 947 g/mol. The molecule has 2 aliphatic heterocycles. The molecule has 0 spiro atoms. The first-order valence-corrected chi connectivity index (χ1v) is 14.5. The second-order valence-corrected chi connectivity index (χ2v) is 11.9. The number of carbonyl (C=O) groups is 4. The Morgan fingerprint density at radius 1 is 0.531 bits per heavy atom. The first kappa shape index (κ1) is 28.8. The van der Waals surface area contributed by atoms with Crippen molar-refractivity contribution in [2.45, 2.75) is 13.8 Å². The largest absolute Gasteiger partial charge is 0.272 e. The summed E-state index contributed by atoms with van der Waals surface area (Å²) in [6.07, 6.45) is 0. The van der Waals surface area contributed by atoms with E-state index in [4.69, 9.17) is 0 Å². The molecule has 0 bridgehead atoms. The number of carbonyl (C=O) groups excluding carboxylic acids is 4. The predicted octanol–water partition coefficient (Wildman–Crippen LogP) is 8.79. The lowest BCUT2D eigenvalue weighted by molar-refractivity contribution is 0.0768. The Kier molecular flexibility index (Phi) is 10.4. The normalized spacial score (nSPS) is 14.1. The lowest BCUT2D eigenvalue weighted by atomic mass is 10.1. The topological polar surface area (TPSA) is 74.8 Å². The standard InChI is InChI=1S/2C8HBr4NO2.C2H6/c2*9-3-1-2-4(6(11)5(3)10)8(15)13(12)7(2)14;1-2/h2*1H;1-2H3. The van der Waals surface area contributed by atoms with Crippen molar-refractivity contribution in [3.8, 4) is 0 Å². The van der Waals surface area contributed by atoms with Gasteiger partial charge in [0.15, 0.2) is 0 Å². The van der Waals surface area contributed by atoms with Crippen molar-refractivity contribution in [1.82, 2.24) is 7.85 Å². The summed E-state index contributed by atoms with van der Waals surface area (Å²) >= 11 is 25.6. The van der Waals surface area contributed by atoms with Crippen LogP contribution in [0.5, 0.6) is 0 Å². The zero-order chi connectivity index (χ0) is 24.7. The molecule has 0 saturated heterocycles. The Hall–Kier alpha value is 0.560. The fourth-order valence-corrected chi connectivity index (χ4v) is 6.48. The van der Waals surface area contributed by atoms with Crippen molar-refractivity contribution in [3.05, 3.63) is 61.2 Å². The van der Waals surface area contributed by atoms with Crippen LogP contribution in [-0.2, 0) is 0 Å². The van der Waals surface area contributed by atoms with Crippen LogP contribution in [0.2, 0.25) is 0 Å². The number of fused-ring (bicyclic) bond motifs is 2. The average molecular weight is 956 g/mol. The summed E-state index contributed by atoms with van der Waals surface area (Å²) < 4.78 is 5.85. The summed E-state index contributed by atoms with van der Waals surface area (Å²) in [6.45, 7) is 4.00. The van der Waals surface area contributed by atoms with E-state index in [9.17, 15) is 19.2 Å². The molecule has 0 fully saturated rings. The highest BCUT2D eigenvalue weighted by atomic mass is 79.9. The molecule has 0 atom stereocenters. The van der Waals surface area contributed by atoms with Gasteiger partial charge in [0.25, 0.3) is 23.6 Å². The molecule has 4 rings (SSSR count). The van der Waals surface area contributed by atoms with Gasteiger partial charge in [-0.15, -0.1) is 0 Å². The summed E-state index contributed by atoms with van der Waals surface area (Å²) in [7, 11) is 0. The number of hydrogen-bond donors (Lipinski definition) is 0. The van der Waals surface area contributed by atoms with E-state index in [1.165, 1.54) is 0 Å². The van der Waals surface area contributed by atoms with Crippen LogP contribution in [0, 0.1) is 0 Å². The van der Waals surface area contributed by atoms with Crippen molar-refractivity contribution >= 4 is 152 Å². The second-order valence-electron chi connectivity index (χ2n) is 5.60. The molecule has 0 N–H and O–H groups in total. The van der Waals surface area contributed by atoms with E-state index in [-0.39, 0.29) is 23.6 Å². The van der Waals surface area contributed by atoms with E-state index in [1.807, 2.05) is 13.8 Å². The van der Waals surface area contributed by atoms with Crippen LogP contribution in [0.3, 0.4) is 0 Å². The smallest absolute Gasteiger partial charge is 0.268 e. The van der Waals surface area contributed by atoms with Crippen LogP contribution in [-0.4, -0.2) is 31.5 Å². The summed E-state index contributed by atoms with van der Waals surface area (Å²) in [5.74, 6) is -1.45. The van der Waals surface area contributed by atoms with Gasteiger partial charge in [0.05, 0.1) is 54.5 Å². The number of nitrogens with zero attached hydrogens (tertiary/aromatic N) is 2. The maximum absolute atomic E-state index is 11.7. The molecule has 2 aliphatic rings. The molecular formula is C18H8Br8N2O4. The third kappa shape index (κ3) is 5.07. The highest BCUT2D eigenvalue weighted by Crippen LogP contribution is 2.41. The fraction of sp³-hybridized carbons (Fsp3) is 0.111. The highest BCUT2D eigenvalue weighted by molar-refractivity contribution is 9.15. The van der Waals surface area contributed by atoms with E-state index < -0.39 is 0 Å². The molecule has 0 aliphatic carbocycles. The Bertz CT molecular complexity index is 1090. The van der Waals surface area contributed by atoms with E-state index in [0.717, 1.165) is 16.8 Å². The van der Waals surface area contributed by atoms with Crippen LogP contribution >= 0.6 is 128 Å². The Morgan fingerprint density at radius 2 is 0.812 bits per heavy atom. The number of amides is 4. The minimum Gasteiger partial charge on any atom is -0.268 e. The second kappa shape index (κ2) is 11.5. The number of hydrogen-bond acceptors (Lipinski definition) is 4. The molecule has 4 amide bonds. The van der Waals surface area contributed by atoms with Gasteiger partial charge in [0.1, 0.15) is 0 Å². The number of halogens is 8. The lowest BCUT2D eigenvalue weighted by Crippen LogP contribution is -2.17. The van der Waals surface area contributed by atoms with Crippen molar-refractivity contribution < 1.29 is 19.2 Å². The van der Waals surface area contributed by atoms with Crippen LogP contribution in [0.25, 0.3) is 0 Å². The van der Waals surface area contributed by atoms with Crippen LogP contribution in [0.4, 0.5) is 0 Å². The van der Waals surface area contributed by atoms with Gasteiger partial charge in [0, 0.05) is 26.8 Å². The third-order valence-electron chi connectivity index (χ3n) is 3.93. The molecule has 14 heteroatoms. The third-order valence-corrected chi connectivity index (χ3v) is 11.8. The quantitative estimate of drug-likeness (QED) is 0.151. The Morgan fingerprint density at radius 3 is 1.09 bits per heavy atom. The summed E-state index contributed by atoms with van der Waals surface area (Å²) in [6, 6.07) is 3.23. The van der Waals surface area contributed by atoms with Crippen LogP contribution in [0.1, 0.15) is 55.3 Å². The number of rotatable bonds is 0.